The van der Waals surface area contributed by atoms with Crippen molar-refractivity contribution in [2.45, 2.75) is 32.4 Å². The van der Waals surface area contributed by atoms with Crippen LogP contribution < -0.4 is 15.5 Å². The van der Waals surface area contributed by atoms with E-state index in [2.05, 4.69) is 24.5 Å². The Bertz CT molecular complexity index is 594. The largest absolute Gasteiger partial charge is 0.338 e. The molecule has 0 unspecified atom stereocenters. The Hall–Kier alpha value is -2.08. The van der Waals surface area contributed by atoms with Crippen LogP contribution in [0.3, 0.4) is 0 Å². The van der Waals surface area contributed by atoms with E-state index in [-0.39, 0.29) is 11.9 Å². The van der Waals surface area contributed by atoms with E-state index in [1.54, 1.807) is 4.90 Å². The molecule has 2 heterocycles. The second-order valence-electron chi connectivity index (χ2n) is 6.47. The van der Waals surface area contributed by atoms with Gasteiger partial charge in [0.15, 0.2) is 0 Å². The van der Waals surface area contributed by atoms with Crippen LogP contribution in [0.1, 0.15) is 30.6 Å². The summed E-state index contributed by atoms with van der Waals surface area (Å²) in [6, 6.07) is 7.86. The number of urea groups is 1. The Kier molecular flexibility index (Phi) is 4.52. The van der Waals surface area contributed by atoms with Gasteiger partial charge < -0.3 is 15.5 Å². The van der Waals surface area contributed by atoms with Crippen LogP contribution in [0, 0.1) is 0 Å². The summed E-state index contributed by atoms with van der Waals surface area (Å²) in [5.41, 5.74) is 1.42. The summed E-state index contributed by atoms with van der Waals surface area (Å²) in [6.45, 7) is 6.99. The number of amides is 3. The standard InChI is InChI=1S/C17H24N4O2/c1-12-10-20(11-13(2)19-12)16(22)14-5-3-6-15(9-14)21-8-4-7-18-17(21)23/h3,5-6,9,12-13,19H,4,7-8,10-11H2,1-2H3,(H,18,23)/t12-,13+. The topological polar surface area (TPSA) is 64.7 Å². The van der Waals surface area contributed by atoms with Gasteiger partial charge >= 0.3 is 6.03 Å². The van der Waals surface area contributed by atoms with Crippen LogP contribution in [0.5, 0.6) is 0 Å². The van der Waals surface area contributed by atoms with Gasteiger partial charge in [-0.25, -0.2) is 4.79 Å². The molecule has 3 amide bonds. The predicted octanol–water partition coefficient (Wildman–Crippen LogP) is 1.43. The van der Waals surface area contributed by atoms with Gasteiger partial charge in [-0.05, 0) is 38.5 Å². The third-order valence-corrected chi connectivity index (χ3v) is 4.33. The second-order valence-corrected chi connectivity index (χ2v) is 6.47. The SMILES string of the molecule is C[C@@H]1CN(C(=O)c2cccc(N3CCCNC3=O)c2)C[C@H](C)N1. The maximum Gasteiger partial charge on any atom is 0.321 e. The normalized spacial score (nSPS) is 25.2. The molecule has 2 saturated heterocycles. The van der Waals surface area contributed by atoms with Gasteiger partial charge in [-0.15, -0.1) is 0 Å². The van der Waals surface area contributed by atoms with Crippen molar-refractivity contribution in [1.82, 2.24) is 15.5 Å². The van der Waals surface area contributed by atoms with E-state index < -0.39 is 0 Å². The molecule has 0 saturated carbocycles. The van der Waals surface area contributed by atoms with Gasteiger partial charge in [0.2, 0.25) is 0 Å². The second kappa shape index (κ2) is 6.58. The van der Waals surface area contributed by atoms with E-state index >= 15 is 0 Å². The van der Waals surface area contributed by atoms with Crippen LogP contribution in [-0.4, -0.2) is 55.1 Å². The molecule has 2 aliphatic heterocycles. The molecule has 0 radical (unpaired) electrons. The van der Waals surface area contributed by atoms with Crippen LogP contribution in [-0.2, 0) is 0 Å². The van der Waals surface area contributed by atoms with Gasteiger partial charge in [0.25, 0.3) is 5.91 Å². The lowest BCUT2D eigenvalue weighted by atomic mass is 10.1. The monoisotopic (exact) mass is 316 g/mol. The minimum absolute atomic E-state index is 0.0319. The molecule has 1 aromatic carbocycles. The average Bonchev–Trinajstić information content (AvgIpc) is 2.54. The summed E-state index contributed by atoms with van der Waals surface area (Å²) >= 11 is 0. The zero-order valence-electron chi connectivity index (χ0n) is 13.7. The van der Waals surface area contributed by atoms with Gasteiger partial charge in [-0.3, -0.25) is 9.69 Å². The van der Waals surface area contributed by atoms with Crippen LogP contribution in [0.2, 0.25) is 0 Å². The molecule has 2 N–H and O–H groups in total. The fourth-order valence-corrected chi connectivity index (χ4v) is 3.36. The quantitative estimate of drug-likeness (QED) is 0.867. The van der Waals surface area contributed by atoms with Crippen molar-refractivity contribution in [2.75, 3.05) is 31.1 Å². The van der Waals surface area contributed by atoms with Gasteiger partial charge in [0.1, 0.15) is 0 Å². The van der Waals surface area contributed by atoms with Crippen LogP contribution >= 0.6 is 0 Å². The summed E-state index contributed by atoms with van der Waals surface area (Å²) in [6.07, 6.45) is 0.913. The molecule has 0 aliphatic carbocycles. The van der Waals surface area contributed by atoms with Crippen molar-refractivity contribution in [3.63, 3.8) is 0 Å². The molecule has 0 aromatic heterocycles. The number of carbonyl (C=O) groups is 2. The summed E-state index contributed by atoms with van der Waals surface area (Å²) in [4.78, 5) is 28.3. The van der Waals surface area contributed by atoms with Crippen molar-refractivity contribution in [3.05, 3.63) is 29.8 Å². The molecule has 6 heteroatoms. The van der Waals surface area contributed by atoms with Gasteiger partial charge in [0.05, 0.1) is 0 Å². The number of benzene rings is 1. The summed E-state index contributed by atoms with van der Waals surface area (Å²) in [7, 11) is 0. The number of piperazine rings is 1. The number of rotatable bonds is 2. The molecule has 2 atom stereocenters. The number of carbonyl (C=O) groups excluding carboxylic acids is 2. The summed E-state index contributed by atoms with van der Waals surface area (Å²) in [5.74, 6) is 0.0319. The molecular weight excluding hydrogens is 292 g/mol. The fraction of sp³-hybridized carbons (Fsp3) is 0.529. The van der Waals surface area contributed by atoms with Gasteiger partial charge in [-0.1, -0.05) is 6.07 Å². The number of nitrogens with zero attached hydrogens (tertiary/aromatic N) is 2. The maximum absolute atomic E-state index is 12.8. The molecule has 6 nitrogen and oxygen atoms in total. The van der Waals surface area contributed by atoms with E-state index in [1.165, 1.54) is 0 Å². The first-order valence-corrected chi connectivity index (χ1v) is 8.25. The van der Waals surface area contributed by atoms with Crippen LogP contribution in [0.15, 0.2) is 24.3 Å². The lowest BCUT2D eigenvalue weighted by Gasteiger charge is -2.36. The summed E-state index contributed by atoms with van der Waals surface area (Å²) < 4.78 is 0. The van der Waals surface area contributed by atoms with E-state index in [9.17, 15) is 9.59 Å². The molecule has 124 valence electrons. The zero-order valence-corrected chi connectivity index (χ0v) is 13.7. The van der Waals surface area contributed by atoms with Gasteiger partial charge in [0, 0.05) is 49.5 Å². The molecule has 1 aromatic rings. The highest BCUT2D eigenvalue weighted by Gasteiger charge is 2.26. The molecule has 23 heavy (non-hydrogen) atoms. The van der Waals surface area contributed by atoms with E-state index in [4.69, 9.17) is 0 Å². The molecule has 0 spiro atoms. The maximum atomic E-state index is 12.8. The lowest BCUT2D eigenvalue weighted by Crippen LogP contribution is -2.55. The van der Waals surface area contributed by atoms with E-state index in [1.807, 2.05) is 29.2 Å². The number of anilines is 1. The Morgan fingerprint density at radius 1 is 1.22 bits per heavy atom. The zero-order chi connectivity index (χ0) is 16.4. The Morgan fingerprint density at radius 2 is 1.96 bits per heavy atom. The Morgan fingerprint density at radius 3 is 2.65 bits per heavy atom. The van der Waals surface area contributed by atoms with Crippen molar-refractivity contribution in [2.24, 2.45) is 0 Å². The third kappa shape index (κ3) is 3.47. The Balaban J connectivity index is 1.79. The van der Waals surface area contributed by atoms with Crippen molar-refractivity contribution < 1.29 is 9.59 Å². The smallest absolute Gasteiger partial charge is 0.321 e. The molecule has 2 aliphatic rings. The van der Waals surface area contributed by atoms with E-state index in [0.717, 1.165) is 12.1 Å². The highest BCUT2D eigenvalue weighted by atomic mass is 16.2. The van der Waals surface area contributed by atoms with Crippen LogP contribution in [0.4, 0.5) is 10.5 Å². The predicted molar refractivity (Wildman–Crippen MR) is 89.8 cm³/mol. The minimum Gasteiger partial charge on any atom is -0.338 e. The average molecular weight is 316 g/mol. The number of nitrogens with one attached hydrogen (secondary N) is 2. The highest BCUT2D eigenvalue weighted by Crippen LogP contribution is 2.20. The molecule has 0 bridgehead atoms. The number of hydrogen-bond acceptors (Lipinski definition) is 3. The van der Waals surface area contributed by atoms with E-state index in [0.29, 0.717) is 43.8 Å². The highest BCUT2D eigenvalue weighted by molar-refractivity contribution is 5.98. The summed E-state index contributed by atoms with van der Waals surface area (Å²) in [5, 5.41) is 6.27. The lowest BCUT2D eigenvalue weighted by molar-refractivity contribution is 0.0674. The molecular formula is C17H24N4O2. The van der Waals surface area contributed by atoms with Crippen molar-refractivity contribution >= 4 is 17.6 Å². The first-order valence-electron chi connectivity index (χ1n) is 8.25. The van der Waals surface area contributed by atoms with Crippen LogP contribution in [0.25, 0.3) is 0 Å². The molecule has 2 fully saturated rings. The minimum atomic E-state index is -0.0923. The Labute approximate surface area is 136 Å². The van der Waals surface area contributed by atoms with Crippen molar-refractivity contribution in [1.29, 1.82) is 0 Å². The number of hydrogen-bond donors (Lipinski definition) is 2. The van der Waals surface area contributed by atoms with Crippen molar-refractivity contribution in [3.8, 4) is 0 Å². The molecule has 3 rings (SSSR count). The first kappa shape index (κ1) is 15.8. The fourth-order valence-electron chi connectivity index (χ4n) is 3.36. The first-order chi connectivity index (χ1) is 11.0. The third-order valence-electron chi connectivity index (χ3n) is 4.33. The van der Waals surface area contributed by atoms with Gasteiger partial charge in [-0.2, -0.15) is 0 Å².